The summed E-state index contributed by atoms with van der Waals surface area (Å²) in [6, 6.07) is 13.0. The fourth-order valence-corrected chi connectivity index (χ4v) is 5.64. The van der Waals surface area contributed by atoms with Crippen molar-refractivity contribution >= 4 is 55.8 Å². The maximum atomic E-state index is 13.0. The number of benzene rings is 2. The summed E-state index contributed by atoms with van der Waals surface area (Å²) in [6.45, 7) is 0.136. The molecule has 4 heterocycles. The van der Waals surface area contributed by atoms with Crippen LogP contribution in [0.25, 0.3) is 15.2 Å². The molecule has 0 N–H and O–H groups in total. The van der Waals surface area contributed by atoms with E-state index in [1.807, 2.05) is 28.7 Å². The maximum absolute atomic E-state index is 13.0. The van der Waals surface area contributed by atoms with Crippen LogP contribution in [0, 0.1) is 0 Å². The van der Waals surface area contributed by atoms with Gasteiger partial charge in [0.25, 0.3) is 0 Å². The van der Waals surface area contributed by atoms with E-state index in [9.17, 15) is 9.59 Å². The Hall–Kier alpha value is -3.11. The van der Waals surface area contributed by atoms with Crippen LogP contribution < -0.4 is 14.4 Å². The van der Waals surface area contributed by atoms with E-state index in [1.165, 1.54) is 28.0 Å². The largest absolute Gasteiger partial charge is 0.454 e. The van der Waals surface area contributed by atoms with E-state index in [-0.39, 0.29) is 25.0 Å². The zero-order valence-corrected chi connectivity index (χ0v) is 16.4. The Kier molecular flexibility index (Phi) is 3.59. The van der Waals surface area contributed by atoms with Crippen LogP contribution in [-0.2, 0) is 9.59 Å². The van der Waals surface area contributed by atoms with Gasteiger partial charge in [-0.3, -0.25) is 14.0 Å². The second-order valence-electron chi connectivity index (χ2n) is 6.59. The Morgan fingerprint density at radius 1 is 1.07 bits per heavy atom. The van der Waals surface area contributed by atoms with Crippen molar-refractivity contribution in [3.8, 4) is 11.5 Å². The highest BCUT2D eigenvalue weighted by Crippen LogP contribution is 2.39. The molecule has 0 saturated carbocycles. The van der Waals surface area contributed by atoms with Crippen molar-refractivity contribution in [1.82, 2.24) is 14.6 Å². The van der Waals surface area contributed by atoms with E-state index in [4.69, 9.17) is 9.47 Å². The fraction of sp³-hybridized carbons (Fsp3) is 0.158. The number of hydrogen-bond acceptors (Lipinski definition) is 8. The van der Waals surface area contributed by atoms with Gasteiger partial charge in [0.15, 0.2) is 16.7 Å². The number of ether oxygens (including phenoxy) is 2. The predicted octanol–water partition coefficient (Wildman–Crippen LogP) is 3.10. The van der Waals surface area contributed by atoms with Gasteiger partial charge in [-0.2, -0.15) is 0 Å². The van der Waals surface area contributed by atoms with Gasteiger partial charge in [-0.05, 0) is 24.3 Å². The van der Waals surface area contributed by atoms with Crippen LogP contribution in [0.1, 0.15) is 6.42 Å². The fourth-order valence-electron chi connectivity index (χ4n) is 3.55. The summed E-state index contributed by atoms with van der Waals surface area (Å²) >= 11 is 2.81. The summed E-state index contributed by atoms with van der Waals surface area (Å²) < 4.78 is 13.7. The molecule has 1 fully saturated rings. The van der Waals surface area contributed by atoms with Crippen LogP contribution in [0.15, 0.2) is 47.6 Å². The van der Waals surface area contributed by atoms with Gasteiger partial charge in [0.2, 0.25) is 23.6 Å². The summed E-state index contributed by atoms with van der Waals surface area (Å²) in [5.41, 5.74) is 1.48. The molecule has 29 heavy (non-hydrogen) atoms. The molecule has 1 unspecified atom stereocenters. The maximum Gasteiger partial charge on any atom is 0.247 e. The molecule has 2 aromatic carbocycles. The van der Waals surface area contributed by atoms with E-state index in [0.717, 1.165) is 15.2 Å². The minimum atomic E-state index is -0.556. The van der Waals surface area contributed by atoms with Crippen molar-refractivity contribution in [2.75, 3.05) is 11.7 Å². The van der Waals surface area contributed by atoms with Crippen LogP contribution in [-0.4, -0.2) is 38.5 Å². The number of fused-ring (bicyclic) bond motifs is 4. The average Bonchev–Trinajstić information content (AvgIpc) is 3.46. The zero-order valence-electron chi connectivity index (χ0n) is 14.8. The lowest BCUT2D eigenvalue weighted by atomic mass is 10.2. The predicted molar refractivity (Wildman–Crippen MR) is 108 cm³/mol. The molecular formula is C19H12N4O4S2. The third-order valence-corrected chi connectivity index (χ3v) is 7.02. The molecule has 0 radical (unpaired) electrons. The van der Waals surface area contributed by atoms with Gasteiger partial charge in [-0.15, -0.1) is 10.2 Å². The monoisotopic (exact) mass is 424 g/mol. The number of para-hydroxylation sites is 1. The molecule has 1 saturated heterocycles. The average molecular weight is 424 g/mol. The van der Waals surface area contributed by atoms with Gasteiger partial charge in [-0.1, -0.05) is 35.2 Å². The van der Waals surface area contributed by atoms with Crippen molar-refractivity contribution < 1.29 is 19.1 Å². The lowest BCUT2D eigenvalue weighted by Gasteiger charge is -2.15. The Morgan fingerprint density at radius 2 is 1.93 bits per heavy atom. The van der Waals surface area contributed by atoms with Gasteiger partial charge in [-0.25, -0.2) is 4.90 Å². The molecule has 144 valence electrons. The summed E-state index contributed by atoms with van der Waals surface area (Å²) in [7, 11) is 0. The minimum absolute atomic E-state index is 0.106. The molecule has 6 rings (SSSR count). The van der Waals surface area contributed by atoms with E-state index < -0.39 is 5.25 Å². The molecular weight excluding hydrogens is 412 g/mol. The molecule has 2 aliphatic heterocycles. The molecule has 1 atom stereocenters. The topological polar surface area (TPSA) is 86.0 Å². The van der Waals surface area contributed by atoms with Crippen LogP contribution in [0.2, 0.25) is 0 Å². The summed E-state index contributed by atoms with van der Waals surface area (Å²) in [5, 5.41) is 8.52. The van der Waals surface area contributed by atoms with Crippen LogP contribution in [0.5, 0.6) is 11.5 Å². The van der Waals surface area contributed by atoms with Crippen molar-refractivity contribution in [2.24, 2.45) is 0 Å². The lowest BCUT2D eigenvalue weighted by Crippen LogP contribution is -2.31. The Bertz CT molecular complexity index is 1310. The van der Waals surface area contributed by atoms with Crippen molar-refractivity contribution in [3.05, 3.63) is 42.5 Å². The van der Waals surface area contributed by atoms with Gasteiger partial charge in [0, 0.05) is 12.5 Å². The van der Waals surface area contributed by atoms with Crippen LogP contribution >= 0.6 is 23.1 Å². The van der Waals surface area contributed by atoms with Gasteiger partial charge < -0.3 is 9.47 Å². The number of thiazole rings is 1. The number of rotatable bonds is 3. The first-order valence-corrected chi connectivity index (χ1v) is 10.5. The van der Waals surface area contributed by atoms with Crippen LogP contribution in [0.3, 0.4) is 0 Å². The molecule has 2 aliphatic rings. The summed E-state index contributed by atoms with van der Waals surface area (Å²) in [5.74, 6) is 0.620. The van der Waals surface area contributed by atoms with Gasteiger partial charge >= 0.3 is 0 Å². The summed E-state index contributed by atoms with van der Waals surface area (Å²) in [6.07, 6.45) is 0.106. The van der Waals surface area contributed by atoms with Crippen molar-refractivity contribution in [1.29, 1.82) is 0 Å². The molecule has 0 bridgehead atoms. The second kappa shape index (κ2) is 6.19. The molecule has 2 amide bonds. The quantitative estimate of drug-likeness (QED) is 0.467. The number of aromatic nitrogens is 3. The highest BCUT2D eigenvalue weighted by Gasteiger charge is 2.41. The Balaban J connectivity index is 1.33. The van der Waals surface area contributed by atoms with E-state index in [1.54, 1.807) is 18.2 Å². The smallest absolute Gasteiger partial charge is 0.247 e. The zero-order chi connectivity index (χ0) is 19.5. The van der Waals surface area contributed by atoms with E-state index in [2.05, 4.69) is 10.2 Å². The van der Waals surface area contributed by atoms with Gasteiger partial charge in [0.1, 0.15) is 5.25 Å². The molecule has 8 nitrogen and oxygen atoms in total. The molecule has 2 aromatic heterocycles. The first-order chi connectivity index (χ1) is 14.2. The first-order valence-electron chi connectivity index (χ1n) is 8.85. The number of anilines is 1. The third-order valence-electron chi connectivity index (χ3n) is 4.88. The molecule has 0 spiro atoms. The number of nitrogens with zero attached hydrogens (tertiary/aromatic N) is 4. The molecule has 10 heteroatoms. The van der Waals surface area contributed by atoms with Crippen molar-refractivity contribution in [2.45, 2.75) is 16.8 Å². The molecule has 0 aliphatic carbocycles. The SMILES string of the molecule is O=C1CC(Sc2nnc3sc4ccccc4n23)C(=O)N1c1ccc2c(c1)OCO2. The lowest BCUT2D eigenvalue weighted by molar-refractivity contribution is -0.121. The first kappa shape index (κ1) is 16.8. The third kappa shape index (κ3) is 2.52. The second-order valence-corrected chi connectivity index (χ2v) is 8.76. The Labute approximate surface area is 172 Å². The van der Waals surface area contributed by atoms with Crippen LogP contribution in [0.4, 0.5) is 5.69 Å². The number of thioether (sulfide) groups is 1. The standard InChI is InChI=1S/C19H12N4O4S2/c24-16-8-15(17(25)22(16)10-5-6-12-13(7-10)27-9-26-12)29-19-21-20-18-23(19)11-3-1-2-4-14(11)28-18/h1-7,15H,8-9H2. The number of carbonyl (C=O) groups is 2. The number of imide groups is 1. The highest BCUT2D eigenvalue weighted by molar-refractivity contribution is 8.00. The number of carbonyl (C=O) groups excluding carboxylic acids is 2. The van der Waals surface area contributed by atoms with E-state index in [0.29, 0.717) is 22.3 Å². The number of hydrogen-bond donors (Lipinski definition) is 0. The highest BCUT2D eigenvalue weighted by atomic mass is 32.2. The van der Waals surface area contributed by atoms with Crippen molar-refractivity contribution in [3.63, 3.8) is 0 Å². The normalized spacial score (nSPS) is 18.5. The van der Waals surface area contributed by atoms with E-state index >= 15 is 0 Å². The minimum Gasteiger partial charge on any atom is -0.454 e. The summed E-state index contributed by atoms with van der Waals surface area (Å²) in [4.78, 5) is 27.6. The molecule has 4 aromatic rings. The Morgan fingerprint density at radius 3 is 2.86 bits per heavy atom. The van der Waals surface area contributed by atoms with Gasteiger partial charge in [0.05, 0.1) is 15.9 Å². The number of amides is 2.